The number of hydrogen-bond acceptors (Lipinski definition) is 5. The van der Waals surface area contributed by atoms with E-state index in [9.17, 15) is 0 Å². The smallest absolute Gasteiger partial charge is 0.257 e. The Balaban J connectivity index is 2.18. The van der Waals surface area contributed by atoms with Gasteiger partial charge in [-0.25, -0.2) is 0 Å². The number of aryl methyl sites for hydroxylation is 2. The molecule has 0 amide bonds. The monoisotopic (exact) mass is 237 g/mol. The number of thiophene rings is 1. The van der Waals surface area contributed by atoms with E-state index in [1.54, 1.807) is 11.3 Å². The van der Waals surface area contributed by atoms with Crippen LogP contribution in [-0.2, 0) is 6.54 Å². The first-order chi connectivity index (χ1) is 7.70. The molecule has 0 aliphatic rings. The number of hydrogen-bond donors (Lipinski definition) is 1. The highest BCUT2D eigenvalue weighted by molar-refractivity contribution is 7.15. The zero-order valence-electron chi connectivity index (χ0n) is 9.70. The van der Waals surface area contributed by atoms with Crippen LogP contribution in [0.4, 0.5) is 0 Å². The Bertz CT molecular complexity index is 456. The lowest BCUT2D eigenvalue weighted by atomic mass is 10.3. The molecule has 1 N–H and O–H groups in total. The third-order valence-corrected chi connectivity index (χ3v) is 3.51. The number of nitrogens with zero attached hydrogens (tertiary/aromatic N) is 2. The Morgan fingerprint density at radius 1 is 1.38 bits per heavy atom. The molecule has 2 aromatic rings. The molecule has 16 heavy (non-hydrogen) atoms. The number of nitrogens with one attached hydrogen (secondary N) is 1. The minimum absolute atomic E-state index is 0.620. The number of aromatic nitrogens is 2. The molecular formula is C11H15N3OS. The van der Waals surface area contributed by atoms with E-state index in [1.807, 2.05) is 6.92 Å². The second kappa shape index (κ2) is 4.76. The molecule has 0 aliphatic heterocycles. The molecule has 4 nitrogen and oxygen atoms in total. The molecule has 0 spiro atoms. The van der Waals surface area contributed by atoms with Crippen molar-refractivity contribution in [2.45, 2.75) is 27.3 Å². The quantitative estimate of drug-likeness (QED) is 0.887. The van der Waals surface area contributed by atoms with Crippen molar-refractivity contribution < 1.29 is 4.42 Å². The van der Waals surface area contributed by atoms with Crippen LogP contribution in [0.3, 0.4) is 0 Å². The van der Waals surface area contributed by atoms with Gasteiger partial charge < -0.3 is 9.73 Å². The Labute approximate surface area is 98.7 Å². The Kier molecular flexibility index (Phi) is 3.36. The van der Waals surface area contributed by atoms with Crippen molar-refractivity contribution in [1.29, 1.82) is 0 Å². The summed E-state index contributed by atoms with van der Waals surface area (Å²) >= 11 is 1.69. The van der Waals surface area contributed by atoms with Crippen molar-refractivity contribution >= 4 is 11.3 Å². The first-order valence-corrected chi connectivity index (χ1v) is 6.13. The summed E-state index contributed by atoms with van der Waals surface area (Å²) in [7, 11) is 0. The second-order valence-corrected chi connectivity index (χ2v) is 4.89. The van der Waals surface area contributed by atoms with Crippen molar-refractivity contribution in [1.82, 2.24) is 15.5 Å². The molecule has 0 radical (unpaired) electrons. The maximum absolute atomic E-state index is 5.57. The van der Waals surface area contributed by atoms with Crippen molar-refractivity contribution in [3.63, 3.8) is 0 Å². The molecule has 0 saturated heterocycles. The lowest BCUT2D eigenvalue weighted by Gasteiger charge is -1.93. The van der Waals surface area contributed by atoms with E-state index in [1.165, 1.54) is 10.4 Å². The van der Waals surface area contributed by atoms with Gasteiger partial charge in [0.1, 0.15) is 0 Å². The van der Waals surface area contributed by atoms with Crippen LogP contribution in [0.25, 0.3) is 10.8 Å². The molecule has 0 saturated carbocycles. The van der Waals surface area contributed by atoms with Crippen molar-refractivity contribution in [2.75, 3.05) is 6.54 Å². The summed E-state index contributed by atoms with van der Waals surface area (Å²) < 4.78 is 5.57. The lowest BCUT2D eigenvalue weighted by Crippen LogP contribution is -2.11. The first-order valence-electron chi connectivity index (χ1n) is 5.31. The summed E-state index contributed by atoms with van der Waals surface area (Å²) in [6, 6.07) is 2.09. The molecule has 0 fully saturated rings. The van der Waals surface area contributed by atoms with Crippen LogP contribution < -0.4 is 5.32 Å². The van der Waals surface area contributed by atoms with E-state index in [4.69, 9.17) is 4.42 Å². The average molecular weight is 237 g/mol. The number of rotatable bonds is 4. The molecule has 2 rings (SSSR count). The van der Waals surface area contributed by atoms with E-state index in [2.05, 4.69) is 35.4 Å². The van der Waals surface area contributed by atoms with E-state index in [0.717, 1.165) is 11.4 Å². The van der Waals surface area contributed by atoms with E-state index in [-0.39, 0.29) is 0 Å². The van der Waals surface area contributed by atoms with Gasteiger partial charge >= 0.3 is 0 Å². The van der Waals surface area contributed by atoms with Crippen LogP contribution in [0, 0.1) is 13.8 Å². The van der Waals surface area contributed by atoms with Crippen LogP contribution >= 0.6 is 11.3 Å². The SMILES string of the molecule is CCNCc1nnc(-c2cc(C)c(C)s2)o1. The van der Waals surface area contributed by atoms with Crippen molar-refractivity contribution in [2.24, 2.45) is 0 Å². The Morgan fingerprint density at radius 3 is 2.81 bits per heavy atom. The third-order valence-electron chi connectivity index (χ3n) is 2.37. The molecule has 0 bridgehead atoms. The lowest BCUT2D eigenvalue weighted by molar-refractivity contribution is 0.483. The zero-order chi connectivity index (χ0) is 11.5. The van der Waals surface area contributed by atoms with Crippen LogP contribution in [0.1, 0.15) is 23.3 Å². The maximum Gasteiger partial charge on any atom is 0.257 e. The van der Waals surface area contributed by atoms with Gasteiger partial charge in [0.15, 0.2) is 0 Å². The summed E-state index contributed by atoms with van der Waals surface area (Å²) in [5.74, 6) is 1.26. The van der Waals surface area contributed by atoms with Gasteiger partial charge in [-0.05, 0) is 32.0 Å². The van der Waals surface area contributed by atoms with Crippen LogP contribution in [0.5, 0.6) is 0 Å². The molecule has 0 atom stereocenters. The minimum atomic E-state index is 0.620. The molecule has 0 unspecified atom stereocenters. The topological polar surface area (TPSA) is 51.0 Å². The highest BCUT2D eigenvalue weighted by Crippen LogP contribution is 2.29. The highest BCUT2D eigenvalue weighted by Gasteiger charge is 2.11. The van der Waals surface area contributed by atoms with Gasteiger partial charge in [0.05, 0.1) is 11.4 Å². The summed E-state index contributed by atoms with van der Waals surface area (Å²) in [4.78, 5) is 2.34. The average Bonchev–Trinajstić information content (AvgIpc) is 2.84. The zero-order valence-corrected chi connectivity index (χ0v) is 10.5. The first kappa shape index (κ1) is 11.3. The Morgan fingerprint density at radius 2 is 2.19 bits per heavy atom. The van der Waals surface area contributed by atoms with Gasteiger partial charge in [0.25, 0.3) is 5.89 Å². The summed E-state index contributed by atoms with van der Waals surface area (Å²) in [5, 5.41) is 11.2. The van der Waals surface area contributed by atoms with Gasteiger partial charge in [-0.2, -0.15) is 0 Å². The molecule has 5 heteroatoms. The summed E-state index contributed by atoms with van der Waals surface area (Å²) in [5.41, 5.74) is 1.27. The fourth-order valence-corrected chi connectivity index (χ4v) is 2.29. The largest absolute Gasteiger partial charge is 0.419 e. The molecular weight excluding hydrogens is 222 g/mol. The second-order valence-electron chi connectivity index (χ2n) is 3.63. The van der Waals surface area contributed by atoms with E-state index < -0.39 is 0 Å². The van der Waals surface area contributed by atoms with Gasteiger partial charge in [0.2, 0.25) is 5.89 Å². The molecule has 0 aromatic carbocycles. The maximum atomic E-state index is 5.57. The van der Waals surface area contributed by atoms with Crippen LogP contribution in [0.2, 0.25) is 0 Å². The highest BCUT2D eigenvalue weighted by atomic mass is 32.1. The summed E-state index contributed by atoms with van der Waals surface area (Å²) in [6.07, 6.45) is 0. The van der Waals surface area contributed by atoms with E-state index in [0.29, 0.717) is 18.3 Å². The van der Waals surface area contributed by atoms with Crippen molar-refractivity contribution in [3.05, 3.63) is 22.4 Å². The Hall–Kier alpha value is -1.20. The fraction of sp³-hybridized carbons (Fsp3) is 0.455. The van der Waals surface area contributed by atoms with Crippen LogP contribution in [-0.4, -0.2) is 16.7 Å². The van der Waals surface area contributed by atoms with Gasteiger partial charge in [0, 0.05) is 4.88 Å². The molecule has 0 aliphatic carbocycles. The molecule has 86 valence electrons. The molecule has 2 aromatic heterocycles. The normalized spacial score (nSPS) is 10.9. The standard InChI is InChI=1S/C11H15N3OS/c1-4-12-6-10-13-14-11(15-10)9-5-7(2)8(3)16-9/h5,12H,4,6H2,1-3H3. The fourth-order valence-electron chi connectivity index (χ4n) is 1.34. The van der Waals surface area contributed by atoms with Crippen molar-refractivity contribution in [3.8, 4) is 10.8 Å². The summed E-state index contributed by atoms with van der Waals surface area (Å²) in [6.45, 7) is 7.76. The third kappa shape index (κ3) is 2.31. The predicted octanol–water partition coefficient (Wildman–Crippen LogP) is 2.52. The van der Waals surface area contributed by atoms with Gasteiger partial charge in [-0.1, -0.05) is 6.92 Å². The predicted molar refractivity (Wildman–Crippen MR) is 64.5 cm³/mol. The van der Waals surface area contributed by atoms with Crippen LogP contribution in [0.15, 0.2) is 10.5 Å². The minimum Gasteiger partial charge on any atom is -0.419 e. The van der Waals surface area contributed by atoms with E-state index >= 15 is 0 Å². The van der Waals surface area contributed by atoms with Gasteiger partial charge in [-0.3, -0.25) is 0 Å². The van der Waals surface area contributed by atoms with Gasteiger partial charge in [-0.15, -0.1) is 21.5 Å². The molecule has 2 heterocycles.